The molecule has 4 heterocycles. The molecule has 1 aromatic carbocycles. The van der Waals surface area contributed by atoms with Crippen molar-refractivity contribution in [2.45, 2.75) is 39.7 Å². The van der Waals surface area contributed by atoms with Gasteiger partial charge in [-0.05, 0) is 74.7 Å². The van der Waals surface area contributed by atoms with Crippen LogP contribution in [-0.4, -0.2) is 56.3 Å². The molecule has 3 aliphatic heterocycles. The number of hydrogen-bond donors (Lipinski definition) is 1. The molecule has 0 bridgehead atoms. The Labute approximate surface area is 203 Å². The second-order valence-corrected chi connectivity index (χ2v) is 9.63. The molecule has 1 fully saturated rings. The summed E-state index contributed by atoms with van der Waals surface area (Å²) >= 11 is 1.37. The van der Waals surface area contributed by atoms with Crippen molar-refractivity contribution in [3.63, 3.8) is 0 Å². The van der Waals surface area contributed by atoms with Gasteiger partial charge in [0.1, 0.15) is 12.4 Å². The van der Waals surface area contributed by atoms with Gasteiger partial charge in [-0.1, -0.05) is 17.7 Å². The summed E-state index contributed by atoms with van der Waals surface area (Å²) in [6.45, 7) is 7.12. The molecular formula is C25H28N6O2S. The molecule has 9 heteroatoms. The summed E-state index contributed by atoms with van der Waals surface area (Å²) in [6, 6.07) is 9.98. The lowest BCUT2D eigenvalue weighted by molar-refractivity contribution is -0.114. The lowest BCUT2D eigenvalue weighted by atomic mass is 10.1. The molecule has 0 spiro atoms. The quantitative estimate of drug-likeness (QED) is 0.652. The van der Waals surface area contributed by atoms with Crippen LogP contribution in [0, 0.1) is 19.3 Å². The fourth-order valence-corrected chi connectivity index (χ4v) is 5.26. The van der Waals surface area contributed by atoms with E-state index < -0.39 is 5.91 Å². The molecule has 34 heavy (non-hydrogen) atoms. The Hall–Kier alpha value is -3.33. The van der Waals surface area contributed by atoms with Crippen molar-refractivity contribution in [1.29, 1.82) is 5.41 Å². The highest BCUT2D eigenvalue weighted by molar-refractivity contribution is 8.26. The van der Waals surface area contributed by atoms with Crippen molar-refractivity contribution in [2.75, 3.05) is 19.7 Å². The zero-order valence-corrected chi connectivity index (χ0v) is 20.3. The molecule has 8 nitrogen and oxygen atoms in total. The fourth-order valence-electron chi connectivity index (χ4n) is 4.32. The number of amidine groups is 3. The number of aliphatic imine (C=N–C) groups is 1. The van der Waals surface area contributed by atoms with Gasteiger partial charge in [0.2, 0.25) is 5.17 Å². The SMILES string of the molecule is Cc1ccc(OCCn2cccc2/C=C2/C(=N)N3N=C(N4CCCCC4)SC3=NC2=O)c(C)c1. The number of fused-ring (bicyclic) bond motifs is 1. The number of piperidine rings is 1. The van der Waals surface area contributed by atoms with Crippen LogP contribution in [0.3, 0.4) is 0 Å². The highest BCUT2D eigenvalue weighted by Gasteiger charge is 2.37. The number of aromatic nitrogens is 1. The summed E-state index contributed by atoms with van der Waals surface area (Å²) in [5.41, 5.74) is 3.38. The maximum absolute atomic E-state index is 12.8. The van der Waals surface area contributed by atoms with Crippen molar-refractivity contribution < 1.29 is 9.53 Å². The molecule has 0 saturated carbocycles. The number of carbonyl (C=O) groups excluding carboxylic acids is 1. The molecule has 1 aromatic heterocycles. The lowest BCUT2D eigenvalue weighted by Crippen LogP contribution is -2.35. The molecule has 1 amide bonds. The Morgan fingerprint density at radius 1 is 1.15 bits per heavy atom. The Morgan fingerprint density at radius 3 is 2.76 bits per heavy atom. The minimum atomic E-state index is -0.405. The molecule has 1 saturated heterocycles. The zero-order valence-electron chi connectivity index (χ0n) is 19.5. The van der Waals surface area contributed by atoms with Crippen LogP contribution >= 0.6 is 11.8 Å². The number of likely N-dealkylation sites (tertiary alicyclic amines) is 1. The van der Waals surface area contributed by atoms with Gasteiger partial charge in [0, 0.05) is 25.0 Å². The number of benzene rings is 1. The van der Waals surface area contributed by atoms with Crippen LogP contribution in [0.15, 0.2) is 52.2 Å². The van der Waals surface area contributed by atoms with Crippen LogP contribution in [0.4, 0.5) is 0 Å². The van der Waals surface area contributed by atoms with Crippen LogP contribution in [0.2, 0.25) is 0 Å². The van der Waals surface area contributed by atoms with Crippen LogP contribution in [0.5, 0.6) is 5.75 Å². The summed E-state index contributed by atoms with van der Waals surface area (Å²) < 4.78 is 7.98. The van der Waals surface area contributed by atoms with Crippen LogP contribution in [0.25, 0.3) is 6.08 Å². The molecule has 5 rings (SSSR count). The Bertz CT molecular complexity index is 1220. The first-order chi connectivity index (χ1) is 16.5. The number of thioether (sulfide) groups is 1. The van der Waals surface area contributed by atoms with Crippen molar-refractivity contribution in [1.82, 2.24) is 14.5 Å². The van der Waals surface area contributed by atoms with E-state index in [-0.39, 0.29) is 11.4 Å². The standard InChI is InChI=1S/C25H28N6O2S/c1-17-8-9-21(18(2)15-17)33-14-13-29-12-6-7-19(29)16-20-22(26)31-24(27-23(20)32)34-25(28-31)30-10-4-3-5-11-30/h6-9,12,15-16,26H,3-5,10-11,13-14H2,1-2H3/b20-16-,26-22?. The molecule has 0 radical (unpaired) electrons. The second-order valence-electron chi connectivity index (χ2n) is 8.69. The van der Waals surface area contributed by atoms with E-state index in [9.17, 15) is 4.79 Å². The molecular weight excluding hydrogens is 448 g/mol. The van der Waals surface area contributed by atoms with Gasteiger partial charge in [0.05, 0.1) is 12.1 Å². The predicted octanol–water partition coefficient (Wildman–Crippen LogP) is 4.25. The number of rotatable bonds is 5. The number of nitrogens with one attached hydrogen (secondary N) is 1. The van der Waals surface area contributed by atoms with Crippen molar-refractivity contribution >= 4 is 39.9 Å². The molecule has 2 aromatic rings. The second kappa shape index (κ2) is 9.50. The van der Waals surface area contributed by atoms with Crippen molar-refractivity contribution in [2.24, 2.45) is 10.1 Å². The molecule has 0 atom stereocenters. The van der Waals surface area contributed by atoms with Crippen molar-refractivity contribution in [3.8, 4) is 5.75 Å². The van der Waals surface area contributed by atoms with E-state index in [1.165, 1.54) is 28.8 Å². The highest BCUT2D eigenvalue weighted by Crippen LogP contribution is 2.30. The number of aryl methyl sites for hydroxylation is 2. The monoisotopic (exact) mass is 476 g/mol. The molecule has 0 unspecified atom stereocenters. The average Bonchev–Trinajstić information content (AvgIpc) is 3.46. The van der Waals surface area contributed by atoms with E-state index in [4.69, 9.17) is 10.1 Å². The highest BCUT2D eigenvalue weighted by atomic mass is 32.2. The molecule has 176 valence electrons. The smallest absolute Gasteiger partial charge is 0.283 e. The number of hydrogen-bond acceptors (Lipinski definition) is 6. The Morgan fingerprint density at radius 2 is 1.97 bits per heavy atom. The third-order valence-corrected chi connectivity index (χ3v) is 7.12. The fraction of sp³-hybridized carbons (Fsp3) is 0.360. The van der Waals surface area contributed by atoms with Crippen LogP contribution in [-0.2, 0) is 11.3 Å². The number of hydrazone groups is 1. The first kappa shape index (κ1) is 22.5. The van der Waals surface area contributed by atoms with Gasteiger partial charge in [0.15, 0.2) is 11.0 Å². The van der Waals surface area contributed by atoms with Gasteiger partial charge in [-0.3, -0.25) is 10.2 Å². The van der Waals surface area contributed by atoms with E-state index in [2.05, 4.69) is 28.0 Å². The first-order valence-electron chi connectivity index (χ1n) is 11.6. The van der Waals surface area contributed by atoms with Gasteiger partial charge < -0.3 is 14.2 Å². The number of ether oxygens (including phenoxy) is 1. The van der Waals surface area contributed by atoms with Gasteiger partial charge in [-0.15, -0.1) is 5.10 Å². The van der Waals surface area contributed by atoms with E-state index in [1.54, 1.807) is 6.08 Å². The van der Waals surface area contributed by atoms with Gasteiger partial charge >= 0.3 is 0 Å². The topological polar surface area (TPSA) is 86.3 Å². The van der Waals surface area contributed by atoms with Gasteiger partial charge in [-0.25, -0.2) is 0 Å². The molecule has 0 aliphatic carbocycles. The normalized spacial score (nSPS) is 19.4. The summed E-state index contributed by atoms with van der Waals surface area (Å²) in [5.74, 6) is 0.532. The average molecular weight is 477 g/mol. The molecule has 1 N–H and O–H groups in total. The van der Waals surface area contributed by atoms with Gasteiger partial charge in [0.25, 0.3) is 5.91 Å². The summed E-state index contributed by atoms with van der Waals surface area (Å²) in [6.07, 6.45) is 7.17. The van der Waals surface area contributed by atoms with E-state index in [1.807, 2.05) is 42.0 Å². The summed E-state index contributed by atoms with van der Waals surface area (Å²) in [7, 11) is 0. The minimum Gasteiger partial charge on any atom is -0.491 e. The third-order valence-electron chi connectivity index (χ3n) is 6.15. The Balaban J connectivity index is 1.30. The zero-order chi connectivity index (χ0) is 23.7. The lowest BCUT2D eigenvalue weighted by Gasteiger charge is -2.26. The summed E-state index contributed by atoms with van der Waals surface area (Å²) in [5, 5.41) is 16.0. The largest absolute Gasteiger partial charge is 0.491 e. The first-order valence-corrected chi connectivity index (χ1v) is 12.4. The number of carbonyl (C=O) groups is 1. The third kappa shape index (κ3) is 4.52. The van der Waals surface area contributed by atoms with E-state index >= 15 is 0 Å². The van der Waals surface area contributed by atoms with Gasteiger partial charge in [-0.2, -0.15) is 10.0 Å². The maximum Gasteiger partial charge on any atom is 0.283 e. The maximum atomic E-state index is 12.8. The Kier molecular flexibility index (Phi) is 6.28. The van der Waals surface area contributed by atoms with E-state index in [0.29, 0.717) is 18.3 Å². The van der Waals surface area contributed by atoms with Crippen molar-refractivity contribution in [3.05, 3.63) is 58.9 Å². The summed E-state index contributed by atoms with van der Waals surface area (Å²) in [4.78, 5) is 19.2. The number of amides is 1. The molecule has 3 aliphatic rings. The minimum absolute atomic E-state index is 0.0637. The predicted molar refractivity (Wildman–Crippen MR) is 136 cm³/mol. The van der Waals surface area contributed by atoms with Crippen LogP contribution < -0.4 is 4.74 Å². The van der Waals surface area contributed by atoms with E-state index in [0.717, 1.165) is 48.1 Å². The van der Waals surface area contributed by atoms with Crippen LogP contribution in [0.1, 0.15) is 36.1 Å². The number of nitrogens with zero attached hydrogens (tertiary/aromatic N) is 5.